The summed E-state index contributed by atoms with van der Waals surface area (Å²) < 4.78 is 5.46. The number of nitrogens with zero attached hydrogens (tertiary/aromatic N) is 2. The molecular formula is C12H17N3O2. The van der Waals surface area contributed by atoms with Crippen molar-refractivity contribution in [1.29, 1.82) is 0 Å². The smallest absolute Gasteiger partial charge is 0.237 e. The first-order valence-electron chi connectivity index (χ1n) is 5.73. The lowest BCUT2D eigenvalue weighted by molar-refractivity contribution is -0.136. The first-order chi connectivity index (χ1) is 8.18. The second kappa shape index (κ2) is 5.25. The third-order valence-corrected chi connectivity index (χ3v) is 2.98. The van der Waals surface area contributed by atoms with Gasteiger partial charge in [-0.15, -0.1) is 0 Å². The number of hydrogen-bond acceptors (Lipinski definition) is 4. The Labute approximate surface area is 101 Å². The number of pyridine rings is 1. The first kappa shape index (κ1) is 12.0. The average Bonchev–Trinajstić information content (AvgIpc) is 2.30. The summed E-state index contributed by atoms with van der Waals surface area (Å²) in [6.07, 6.45) is 1.59. The number of ether oxygens (including phenoxy) is 1. The van der Waals surface area contributed by atoms with E-state index in [1.165, 1.54) is 0 Å². The quantitative estimate of drug-likeness (QED) is 0.810. The van der Waals surface area contributed by atoms with Crippen molar-refractivity contribution in [2.75, 3.05) is 13.2 Å². The summed E-state index contributed by atoms with van der Waals surface area (Å²) in [6, 6.07) is 5.38. The minimum Gasteiger partial charge on any atom is -0.375 e. The van der Waals surface area contributed by atoms with Gasteiger partial charge >= 0.3 is 0 Å². The van der Waals surface area contributed by atoms with Crippen LogP contribution in [0.25, 0.3) is 0 Å². The van der Waals surface area contributed by atoms with Crippen LogP contribution in [0.1, 0.15) is 12.6 Å². The average molecular weight is 235 g/mol. The Morgan fingerprint density at radius 2 is 2.47 bits per heavy atom. The second-order valence-electron chi connectivity index (χ2n) is 4.21. The molecule has 0 aromatic carbocycles. The lowest BCUT2D eigenvalue weighted by atomic mass is 10.1. The second-order valence-corrected chi connectivity index (χ2v) is 4.21. The molecule has 0 unspecified atom stereocenters. The van der Waals surface area contributed by atoms with Gasteiger partial charge in [0.2, 0.25) is 5.91 Å². The molecule has 1 amide bonds. The van der Waals surface area contributed by atoms with Crippen molar-refractivity contribution in [3.8, 4) is 0 Å². The number of aromatic nitrogens is 1. The molecule has 1 aromatic rings. The van der Waals surface area contributed by atoms with E-state index in [1.54, 1.807) is 6.20 Å². The van der Waals surface area contributed by atoms with Crippen molar-refractivity contribution >= 4 is 5.91 Å². The van der Waals surface area contributed by atoms with Gasteiger partial charge in [-0.05, 0) is 19.1 Å². The van der Waals surface area contributed by atoms with Crippen LogP contribution in [0.4, 0.5) is 0 Å². The molecule has 1 aromatic heterocycles. The Morgan fingerprint density at radius 3 is 3.12 bits per heavy atom. The Hall–Kier alpha value is -1.46. The lowest BCUT2D eigenvalue weighted by Gasteiger charge is -2.37. The lowest BCUT2D eigenvalue weighted by Crippen LogP contribution is -2.56. The summed E-state index contributed by atoms with van der Waals surface area (Å²) in [6.45, 7) is 3.83. The minimum absolute atomic E-state index is 0.162. The van der Waals surface area contributed by atoms with Gasteiger partial charge in [0.15, 0.2) is 0 Å². The zero-order chi connectivity index (χ0) is 12.3. The molecule has 1 saturated heterocycles. The first-order valence-corrected chi connectivity index (χ1v) is 5.73. The highest BCUT2D eigenvalue weighted by molar-refractivity contribution is 5.80. The topological polar surface area (TPSA) is 68.4 Å². The number of morpholine rings is 1. The van der Waals surface area contributed by atoms with E-state index in [0.29, 0.717) is 19.7 Å². The van der Waals surface area contributed by atoms with Crippen molar-refractivity contribution in [2.24, 2.45) is 5.73 Å². The highest BCUT2D eigenvalue weighted by atomic mass is 16.5. The van der Waals surface area contributed by atoms with Crippen LogP contribution in [0, 0.1) is 0 Å². The van der Waals surface area contributed by atoms with Crippen LogP contribution >= 0.6 is 0 Å². The summed E-state index contributed by atoms with van der Waals surface area (Å²) >= 11 is 0. The standard InChI is InChI=1S/C12H17N3O2/c1-9-11(12(13)16)15(6-7-17-9)8-10-4-2-3-5-14-10/h2-5,9,11H,6-8H2,1H3,(H2,13,16)/t9-,11+/m1/s1. The van der Waals surface area contributed by atoms with Crippen molar-refractivity contribution in [3.63, 3.8) is 0 Å². The zero-order valence-electron chi connectivity index (χ0n) is 9.87. The SMILES string of the molecule is C[C@H]1OCCN(Cc2ccccn2)[C@@H]1C(N)=O. The Bertz CT molecular complexity index is 383. The van der Waals surface area contributed by atoms with Gasteiger partial charge in [-0.25, -0.2) is 0 Å². The van der Waals surface area contributed by atoms with Gasteiger partial charge in [-0.3, -0.25) is 14.7 Å². The number of primary amides is 1. The predicted octanol–water partition coefficient (Wildman–Crippen LogP) is 0.156. The fraction of sp³-hybridized carbons (Fsp3) is 0.500. The van der Waals surface area contributed by atoms with Gasteiger partial charge < -0.3 is 10.5 Å². The molecule has 0 radical (unpaired) electrons. The highest BCUT2D eigenvalue weighted by Gasteiger charge is 2.33. The normalized spacial score (nSPS) is 25.7. The van der Waals surface area contributed by atoms with E-state index in [9.17, 15) is 4.79 Å². The van der Waals surface area contributed by atoms with Crippen LogP contribution in [0.15, 0.2) is 24.4 Å². The number of hydrogen-bond donors (Lipinski definition) is 1. The molecule has 1 fully saturated rings. The summed E-state index contributed by atoms with van der Waals surface area (Å²) in [5.74, 6) is -0.340. The number of amides is 1. The molecule has 0 bridgehead atoms. The molecule has 5 heteroatoms. The Morgan fingerprint density at radius 1 is 1.65 bits per heavy atom. The summed E-state index contributed by atoms with van der Waals surface area (Å²) in [5.41, 5.74) is 6.36. The molecule has 17 heavy (non-hydrogen) atoms. The van der Waals surface area contributed by atoms with Gasteiger partial charge in [0.1, 0.15) is 6.04 Å². The molecule has 0 aliphatic carbocycles. The van der Waals surface area contributed by atoms with Gasteiger partial charge in [0.05, 0.1) is 18.4 Å². The van der Waals surface area contributed by atoms with Crippen molar-refractivity contribution in [1.82, 2.24) is 9.88 Å². The van der Waals surface area contributed by atoms with Crippen LogP contribution in [-0.4, -0.2) is 41.1 Å². The number of carbonyl (C=O) groups is 1. The molecular weight excluding hydrogens is 218 g/mol. The number of nitrogens with two attached hydrogens (primary N) is 1. The minimum atomic E-state index is -0.370. The maximum absolute atomic E-state index is 11.4. The van der Waals surface area contributed by atoms with E-state index in [0.717, 1.165) is 5.69 Å². The maximum Gasteiger partial charge on any atom is 0.237 e. The zero-order valence-corrected chi connectivity index (χ0v) is 9.87. The van der Waals surface area contributed by atoms with Gasteiger partial charge in [0, 0.05) is 19.3 Å². The molecule has 1 aliphatic rings. The van der Waals surface area contributed by atoms with Crippen LogP contribution in [0.3, 0.4) is 0 Å². The van der Waals surface area contributed by atoms with E-state index in [1.807, 2.05) is 30.0 Å². The van der Waals surface area contributed by atoms with Crippen LogP contribution in [0.5, 0.6) is 0 Å². The fourth-order valence-corrected chi connectivity index (χ4v) is 2.17. The van der Waals surface area contributed by atoms with E-state index in [4.69, 9.17) is 10.5 Å². The van der Waals surface area contributed by atoms with Gasteiger partial charge in [-0.1, -0.05) is 6.07 Å². The monoisotopic (exact) mass is 235 g/mol. The summed E-state index contributed by atoms with van der Waals surface area (Å²) in [4.78, 5) is 17.7. The molecule has 92 valence electrons. The highest BCUT2D eigenvalue weighted by Crippen LogP contribution is 2.16. The van der Waals surface area contributed by atoms with Crippen molar-refractivity contribution < 1.29 is 9.53 Å². The molecule has 5 nitrogen and oxygen atoms in total. The predicted molar refractivity (Wildman–Crippen MR) is 63.0 cm³/mol. The molecule has 1 aliphatic heterocycles. The third kappa shape index (κ3) is 2.81. The number of rotatable bonds is 3. The van der Waals surface area contributed by atoms with Gasteiger partial charge in [-0.2, -0.15) is 0 Å². The molecule has 2 rings (SSSR count). The van der Waals surface area contributed by atoms with E-state index in [-0.39, 0.29) is 18.1 Å². The number of carbonyl (C=O) groups excluding carboxylic acids is 1. The van der Waals surface area contributed by atoms with E-state index in [2.05, 4.69) is 4.98 Å². The largest absolute Gasteiger partial charge is 0.375 e. The molecule has 2 N–H and O–H groups in total. The Balaban J connectivity index is 2.10. The third-order valence-electron chi connectivity index (χ3n) is 2.98. The molecule has 0 saturated carbocycles. The van der Waals surface area contributed by atoms with Crippen molar-refractivity contribution in [3.05, 3.63) is 30.1 Å². The maximum atomic E-state index is 11.4. The van der Waals surface area contributed by atoms with E-state index >= 15 is 0 Å². The molecule has 2 atom stereocenters. The van der Waals surface area contributed by atoms with E-state index < -0.39 is 0 Å². The summed E-state index contributed by atoms with van der Waals surface area (Å²) in [7, 11) is 0. The van der Waals surface area contributed by atoms with Gasteiger partial charge in [0.25, 0.3) is 0 Å². The van der Waals surface area contributed by atoms with Crippen LogP contribution in [0.2, 0.25) is 0 Å². The fourth-order valence-electron chi connectivity index (χ4n) is 2.17. The van der Waals surface area contributed by atoms with Crippen LogP contribution in [-0.2, 0) is 16.1 Å². The molecule has 0 spiro atoms. The van der Waals surface area contributed by atoms with Crippen molar-refractivity contribution in [2.45, 2.75) is 25.6 Å². The Kier molecular flexibility index (Phi) is 3.71. The summed E-state index contributed by atoms with van der Waals surface area (Å²) in [5, 5.41) is 0. The molecule has 2 heterocycles. The van der Waals surface area contributed by atoms with Crippen LogP contribution < -0.4 is 5.73 Å².